The Balaban J connectivity index is 2.58. The molecule has 1 rings (SSSR count). The van der Waals surface area contributed by atoms with E-state index in [0.29, 0.717) is 11.8 Å². The molecule has 0 aromatic carbocycles. The molecule has 1 aliphatic rings. The summed E-state index contributed by atoms with van der Waals surface area (Å²) in [6.07, 6.45) is 13.3. The molecule has 0 amide bonds. The Morgan fingerprint density at radius 1 is 1.14 bits per heavy atom. The van der Waals surface area contributed by atoms with E-state index in [-0.39, 0.29) is 11.6 Å². The van der Waals surface area contributed by atoms with Crippen molar-refractivity contribution in [3.05, 3.63) is 24.3 Å². The standard InChI is InChI=1S/C18H34O2Si/c1-18(2,3)21(4,5)20-15-17-13-9-8-12-16(17)11-7-6-10-14-19/h6-7,10-11,16-17,19H,8-9,12-15H2,1-5H3/b10-6+,11-7+/t16-,17-/m1/s1. The molecule has 122 valence electrons. The second-order valence-electron chi connectivity index (χ2n) is 7.78. The maximum absolute atomic E-state index is 8.77. The molecule has 1 aliphatic carbocycles. The van der Waals surface area contributed by atoms with Crippen LogP contribution < -0.4 is 0 Å². The van der Waals surface area contributed by atoms with E-state index in [0.717, 1.165) is 6.61 Å². The Bertz CT molecular complexity index is 353. The number of rotatable bonds is 6. The molecule has 1 fully saturated rings. The number of hydrogen-bond donors (Lipinski definition) is 1. The largest absolute Gasteiger partial charge is 0.417 e. The lowest BCUT2D eigenvalue weighted by Crippen LogP contribution is -2.42. The van der Waals surface area contributed by atoms with Crippen LogP contribution in [0.3, 0.4) is 0 Å². The van der Waals surface area contributed by atoms with E-state index >= 15 is 0 Å². The summed E-state index contributed by atoms with van der Waals surface area (Å²) in [5.74, 6) is 1.29. The number of aliphatic hydroxyl groups excluding tert-OH is 1. The van der Waals surface area contributed by atoms with Gasteiger partial charge in [0.2, 0.25) is 0 Å². The molecule has 0 unspecified atom stereocenters. The first-order valence-corrected chi connectivity index (χ1v) is 11.3. The fourth-order valence-electron chi connectivity index (χ4n) is 2.57. The van der Waals surface area contributed by atoms with Crippen molar-refractivity contribution >= 4 is 8.32 Å². The van der Waals surface area contributed by atoms with Crippen LogP contribution in [0, 0.1) is 11.8 Å². The lowest BCUT2D eigenvalue weighted by Gasteiger charge is -2.39. The smallest absolute Gasteiger partial charge is 0.191 e. The lowest BCUT2D eigenvalue weighted by atomic mass is 9.79. The zero-order valence-corrected chi connectivity index (χ0v) is 15.6. The van der Waals surface area contributed by atoms with Crippen LogP contribution >= 0.6 is 0 Å². The molecule has 3 heteroatoms. The minimum atomic E-state index is -1.63. The minimum Gasteiger partial charge on any atom is -0.417 e. The van der Waals surface area contributed by atoms with Gasteiger partial charge in [0.1, 0.15) is 0 Å². The molecule has 0 bridgehead atoms. The van der Waals surface area contributed by atoms with Crippen LogP contribution in [-0.2, 0) is 4.43 Å². The van der Waals surface area contributed by atoms with E-state index < -0.39 is 8.32 Å². The van der Waals surface area contributed by atoms with Crippen LogP contribution in [-0.4, -0.2) is 26.6 Å². The van der Waals surface area contributed by atoms with Crippen molar-refractivity contribution in [2.75, 3.05) is 13.2 Å². The normalized spacial score (nSPS) is 25.0. The molecule has 1 saturated carbocycles. The molecule has 0 saturated heterocycles. The van der Waals surface area contributed by atoms with Crippen molar-refractivity contribution in [2.24, 2.45) is 11.8 Å². The lowest BCUT2D eigenvalue weighted by molar-refractivity contribution is 0.162. The molecule has 2 nitrogen and oxygen atoms in total. The maximum atomic E-state index is 8.77. The van der Waals surface area contributed by atoms with Gasteiger partial charge in [0, 0.05) is 6.61 Å². The average Bonchev–Trinajstić information content (AvgIpc) is 2.41. The summed E-state index contributed by atoms with van der Waals surface area (Å²) in [4.78, 5) is 0. The van der Waals surface area contributed by atoms with Gasteiger partial charge in [-0.1, -0.05) is 57.9 Å². The van der Waals surface area contributed by atoms with Gasteiger partial charge < -0.3 is 9.53 Å². The van der Waals surface area contributed by atoms with Gasteiger partial charge in [0.25, 0.3) is 0 Å². The van der Waals surface area contributed by atoms with Gasteiger partial charge in [-0.3, -0.25) is 0 Å². The summed E-state index contributed by atoms with van der Waals surface area (Å²) in [6, 6.07) is 0. The summed E-state index contributed by atoms with van der Waals surface area (Å²) >= 11 is 0. The van der Waals surface area contributed by atoms with Gasteiger partial charge in [-0.05, 0) is 42.8 Å². The second-order valence-corrected chi connectivity index (χ2v) is 12.6. The maximum Gasteiger partial charge on any atom is 0.191 e. The predicted molar refractivity (Wildman–Crippen MR) is 94.0 cm³/mol. The SMILES string of the molecule is CC(C)(C)[Si](C)(C)OC[C@H]1CCCC[C@H]1/C=C/C=C/CO. The van der Waals surface area contributed by atoms with Gasteiger partial charge in [0.15, 0.2) is 8.32 Å². The summed E-state index contributed by atoms with van der Waals surface area (Å²) in [5, 5.41) is 9.06. The molecular formula is C18H34O2Si. The third-order valence-corrected chi connectivity index (χ3v) is 9.64. The Labute approximate surface area is 132 Å². The molecule has 0 aromatic heterocycles. The Kier molecular flexibility index (Phi) is 7.38. The Hall–Kier alpha value is -0.383. The van der Waals surface area contributed by atoms with E-state index in [1.54, 1.807) is 6.08 Å². The molecule has 0 heterocycles. The first kappa shape index (κ1) is 18.7. The van der Waals surface area contributed by atoms with E-state index in [4.69, 9.17) is 9.53 Å². The van der Waals surface area contributed by atoms with Crippen molar-refractivity contribution in [1.82, 2.24) is 0 Å². The van der Waals surface area contributed by atoms with Gasteiger partial charge >= 0.3 is 0 Å². The van der Waals surface area contributed by atoms with Gasteiger partial charge in [-0.15, -0.1) is 0 Å². The van der Waals surface area contributed by atoms with Crippen LogP contribution in [0.25, 0.3) is 0 Å². The molecular weight excluding hydrogens is 276 g/mol. The van der Waals surface area contributed by atoms with E-state index in [1.807, 2.05) is 6.08 Å². The third kappa shape index (κ3) is 6.09. The van der Waals surface area contributed by atoms with Crippen LogP contribution in [0.2, 0.25) is 18.1 Å². The first-order valence-electron chi connectivity index (χ1n) is 8.36. The van der Waals surface area contributed by atoms with Crippen LogP contribution in [0.1, 0.15) is 46.5 Å². The highest BCUT2D eigenvalue weighted by Gasteiger charge is 2.38. The molecule has 0 spiro atoms. The molecule has 2 atom stereocenters. The van der Waals surface area contributed by atoms with Gasteiger partial charge in [0.05, 0.1) is 6.61 Å². The summed E-state index contributed by atoms with van der Waals surface area (Å²) in [5.41, 5.74) is 0. The van der Waals surface area contributed by atoms with Crippen molar-refractivity contribution in [3.8, 4) is 0 Å². The average molecular weight is 311 g/mol. The van der Waals surface area contributed by atoms with Gasteiger partial charge in [-0.2, -0.15) is 0 Å². The Morgan fingerprint density at radius 3 is 2.43 bits per heavy atom. The highest BCUT2D eigenvalue weighted by Crippen LogP contribution is 2.38. The van der Waals surface area contributed by atoms with Crippen LogP contribution in [0.4, 0.5) is 0 Å². The number of hydrogen-bond acceptors (Lipinski definition) is 2. The van der Waals surface area contributed by atoms with E-state index in [2.05, 4.69) is 46.0 Å². The molecule has 0 aromatic rings. The molecule has 0 aliphatic heterocycles. The molecule has 0 radical (unpaired) electrons. The summed E-state index contributed by atoms with van der Waals surface area (Å²) in [6.45, 7) is 12.6. The molecule has 21 heavy (non-hydrogen) atoms. The van der Waals surface area contributed by atoms with Crippen molar-refractivity contribution in [1.29, 1.82) is 0 Å². The van der Waals surface area contributed by atoms with Crippen molar-refractivity contribution in [3.63, 3.8) is 0 Å². The van der Waals surface area contributed by atoms with Gasteiger partial charge in [-0.25, -0.2) is 0 Å². The first-order chi connectivity index (χ1) is 9.78. The zero-order valence-electron chi connectivity index (χ0n) is 14.6. The predicted octanol–water partition coefficient (Wildman–Crippen LogP) is 4.92. The zero-order chi connectivity index (χ0) is 15.9. The topological polar surface area (TPSA) is 29.5 Å². The quantitative estimate of drug-likeness (QED) is 0.557. The summed E-state index contributed by atoms with van der Waals surface area (Å²) in [7, 11) is -1.63. The van der Waals surface area contributed by atoms with E-state index in [1.165, 1.54) is 25.7 Å². The van der Waals surface area contributed by atoms with Crippen LogP contribution in [0.15, 0.2) is 24.3 Å². The van der Waals surface area contributed by atoms with Crippen molar-refractivity contribution in [2.45, 2.75) is 64.6 Å². The minimum absolute atomic E-state index is 0.118. The van der Waals surface area contributed by atoms with Crippen LogP contribution in [0.5, 0.6) is 0 Å². The number of aliphatic hydroxyl groups is 1. The fraction of sp³-hybridized carbons (Fsp3) is 0.778. The Morgan fingerprint density at radius 2 is 1.81 bits per heavy atom. The monoisotopic (exact) mass is 310 g/mol. The van der Waals surface area contributed by atoms with E-state index in [9.17, 15) is 0 Å². The highest BCUT2D eigenvalue weighted by molar-refractivity contribution is 6.74. The highest BCUT2D eigenvalue weighted by atomic mass is 28.4. The second kappa shape index (κ2) is 8.30. The van der Waals surface area contributed by atoms with Crippen molar-refractivity contribution < 1.29 is 9.53 Å². The summed E-state index contributed by atoms with van der Waals surface area (Å²) < 4.78 is 6.44. The fourth-order valence-corrected chi connectivity index (χ4v) is 3.64. The molecule has 1 N–H and O–H groups in total. The number of allylic oxidation sites excluding steroid dienone is 3. The third-order valence-electron chi connectivity index (χ3n) is 5.14.